The zero-order valence-corrected chi connectivity index (χ0v) is 18.2. The summed E-state index contributed by atoms with van der Waals surface area (Å²) >= 11 is 0. The smallest absolute Gasteiger partial charge is 0.496 e. The molecule has 1 unspecified atom stereocenters. The molecule has 146 valence electrons. The summed E-state index contributed by atoms with van der Waals surface area (Å²) < 4.78 is 32.1. The van der Waals surface area contributed by atoms with Gasteiger partial charge in [0.15, 0.2) is 5.52 Å². The van der Waals surface area contributed by atoms with Gasteiger partial charge in [0, 0.05) is 24.3 Å². The molecule has 2 aromatic rings. The van der Waals surface area contributed by atoms with E-state index in [1.165, 1.54) is 35.5 Å². The predicted molar refractivity (Wildman–Crippen MR) is 104 cm³/mol. The molecule has 2 aromatic carbocycles. The van der Waals surface area contributed by atoms with Crippen LogP contribution in [0.4, 0.5) is 0 Å². The Morgan fingerprint density at radius 1 is 0.643 bits per heavy atom. The first kappa shape index (κ1) is 24.0. The number of ether oxygens (including phenoxy) is 6. The number of benzene rings is 2. The van der Waals surface area contributed by atoms with Gasteiger partial charge in [0.1, 0.15) is 40.1 Å². The Morgan fingerprint density at radius 3 is 1.32 bits per heavy atom. The Labute approximate surface area is 178 Å². The maximum absolute atomic E-state index is 13.1. The SMILES string of the molecule is COc1cc(OC)c(PC(=O)c2c(OC)cc(OC)cc2OC)c(OC)c1.[Li+]. The predicted octanol–water partition coefficient (Wildman–Crippen LogP) is -0.114. The Balaban J connectivity index is 0.00000392. The van der Waals surface area contributed by atoms with E-state index in [2.05, 4.69) is 0 Å². The van der Waals surface area contributed by atoms with Gasteiger partial charge >= 0.3 is 18.9 Å². The molecule has 0 amide bonds. The Kier molecular flexibility index (Phi) is 9.47. The van der Waals surface area contributed by atoms with Crippen molar-refractivity contribution in [1.29, 1.82) is 0 Å². The van der Waals surface area contributed by atoms with Crippen LogP contribution in [0.5, 0.6) is 34.5 Å². The van der Waals surface area contributed by atoms with Crippen LogP contribution in [0, 0.1) is 0 Å². The first-order chi connectivity index (χ1) is 13.0. The van der Waals surface area contributed by atoms with Crippen LogP contribution in [0.3, 0.4) is 0 Å². The molecule has 0 spiro atoms. The van der Waals surface area contributed by atoms with Crippen molar-refractivity contribution in [2.75, 3.05) is 42.7 Å². The molecule has 0 saturated heterocycles. The second kappa shape index (κ2) is 11.1. The topological polar surface area (TPSA) is 72.5 Å². The van der Waals surface area contributed by atoms with Crippen LogP contribution in [0.15, 0.2) is 24.3 Å². The van der Waals surface area contributed by atoms with Crippen LogP contribution in [0.25, 0.3) is 0 Å². The van der Waals surface area contributed by atoms with Crippen molar-refractivity contribution >= 4 is 19.4 Å². The van der Waals surface area contributed by atoms with E-state index in [4.69, 9.17) is 28.4 Å². The van der Waals surface area contributed by atoms with Gasteiger partial charge < -0.3 is 28.4 Å². The molecule has 0 bridgehead atoms. The van der Waals surface area contributed by atoms with Gasteiger partial charge in [0.05, 0.1) is 48.0 Å². The molecular formula is C19H23LiO7P+. The fraction of sp³-hybridized carbons (Fsp3) is 0.316. The van der Waals surface area contributed by atoms with Crippen molar-refractivity contribution < 1.29 is 52.1 Å². The van der Waals surface area contributed by atoms with Gasteiger partial charge in [-0.25, -0.2) is 0 Å². The molecule has 0 heterocycles. The molecule has 0 aliphatic heterocycles. The van der Waals surface area contributed by atoms with E-state index in [9.17, 15) is 4.79 Å². The third-order valence-electron chi connectivity index (χ3n) is 3.90. The summed E-state index contributed by atoms with van der Waals surface area (Å²) in [6.45, 7) is 0. The van der Waals surface area contributed by atoms with Crippen LogP contribution < -0.4 is 52.6 Å². The summed E-state index contributed by atoms with van der Waals surface area (Å²) in [7, 11) is 8.83. The molecule has 0 fully saturated rings. The van der Waals surface area contributed by atoms with Crippen LogP contribution in [-0.2, 0) is 0 Å². The van der Waals surface area contributed by atoms with Gasteiger partial charge in [-0.05, 0) is 8.58 Å². The molecule has 7 nitrogen and oxygen atoms in total. The van der Waals surface area contributed by atoms with Crippen molar-refractivity contribution in [3.63, 3.8) is 0 Å². The van der Waals surface area contributed by atoms with Gasteiger partial charge in [-0.3, -0.25) is 4.79 Å². The normalized spacial score (nSPS) is 10.2. The van der Waals surface area contributed by atoms with Crippen LogP contribution in [-0.4, -0.2) is 48.2 Å². The average Bonchev–Trinajstić information content (AvgIpc) is 2.72. The van der Waals surface area contributed by atoms with E-state index in [0.717, 1.165) is 0 Å². The largest absolute Gasteiger partial charge is 1.00 e. The van der Waals surface area contributed by atoms with Gasteiger partial charge in [-0.2, -0.15) is 0 Å². The minimum absolute atomic E-state index is 0. The number of methoxy groups -OCH3 is 6. The quantitative estimate of drug-likeness (QED) is 0.429. The van der Waals surface area contributed by atoms with Crippen molar-refractivity contribution in [1.82, 2.24) is 0 Å². The van der Waals surface area contributed by atoms with Crippen LogP contribution >= 0.6 is 8.58 Å². The third-order valence-corrected chi connectivity index (χ3v) is 5.12. The van der Waals surface area contributed by atoms with Crippen molar-refractivity contribution in [2.45, 2.75) is 0 Å². The molecule has 0 N–H and O–H groups in total. The number of carbonyl (C=O) groups excluding carboxylic acids is 1. The summed E-state index contributed by atoms with van der Waals surface area (Å²) in [5.41, 5.74) is 0.146. The molecule has 1 atom stereocenters. The Hall–Kier alpha value is -2.06. The molecular weight excluding hydrogens is 378 g/mol. The summed E-state index contributed by atoms with van der Waals surface area (Å²) in [4.78, 5) is 13.1. The zero-order chi connectivity index (χ0) is 20.0. The molecule has 0 saturated carbocycles. The zero-order valence-electron chi connectivity index (χ0n) is 17.2. The van der Waals surface area contributed by atoms with Crippen molar-refractivity contribution in [3.8, 4) is 34.5 Å². The number of carbonyl (C=O) groups is 1. The van der Waals surface area contributed by atoms with Gasteiger partial charge in [-0.15, -0.1) is 0 Å². The van der Waals surface area contributed by atoms with E-state index < -0.39 is 0 Å². The Morgan fingerprint density at radius 2 is 1.00 bits per heavy atom. The van der Waals surface area contributed by atoms with E-state index in [1.807, 2.05) is 0 Å². The van der Waals surface area contributed by atoms with E-state index in [0.29, 0.717) is 45.4 Å². The molecule has 0 aromatic heterocycles. The molecule has 9 heteroatoms. The van der Waals surface area contributed by atoms with Crippen LogP contribution in [0.2, 0.25) is 0 Å². The van der Waals surface area contributed by atoms with E-state index >= 15 is 0 Å². The third kappa shape index (κ3) is 5.05. The summed E-state index contributed by atoms with van der Waals surface area (Å²) in [6.07, 6.45) is 0. The molecule has 2 rings (SSSR count). The van der Waals surface area contributed by atoms with Crippen LogP contribution in [0.1, 0.15) is 10.4 Å². The standard InChI is InChI=1S/C19H23O7P.Li/c1-21-11-7-13(23-3)17(14(8-11)24-4)19(20)27-18-15(25-5)9-12(22-2)10-16(18)26-6;/h7-10,27H,1-6H3;/q;+1. The summed E-state index contributed by atoms with van der Waals surface area (Å²) in [5, 5.41) is 0.630. The molecule has 0 aliphatic rings. The number of hydrogen-bond acceptors (Lipinski definition) is 7. The van der Waals surface area contributed by atoms with Crippen molar-refractivity contribution in [2.24, 2.45) is 0 Å². The monoisotopic (exact) mass is 401 g/mol. The second-order valence-electron chi connectivity index (χ2n) is 5.27. The summed E-state index contributed by atoms with van der Waals surface area (Å²) in [5.74, 6) is 2.85. The molecule has 28 heavy (non-hydrogen) atoms. The summed E-state index contributed by atoms with van der Waals surface area (Å²) in [6, 6.07) is 6.70. The number of hydrogen-bond donors (Lipinski definition) is 0. The first-order valence-electron chi connectivity index (χ1n) is 7.94. The maximum atomic E-state index is 13.1. The van der Waals surface area contributed by atoms with E-state index in [-0.39, 0.29) is 33.0 Å². The van der Waals surface area contributed by atoms with Gasteiger partial charge in [0.2, 0.25) is 0 Å². The molecule has 0 aliphatic carbocycles. The minimum Gasteiger partial charge on any atom is -0.496 e. The fourth-order valence-electron chi connectivity index (χ4n) is 2.53. The maximum Gasteiger partial charge on any atom is 1.00 e. The molecule has 0 radical (unpaired) electrons. The average molecular weight is 401 g/mol. The van der Waals surface area contributed by atoms with Gasteiger partial charge in [-0.1, -0.05) is 0 Å². The minimum atomic E-state index is -0.284. The fourth-order valence-corrected chi connectivity index (χ4v) is 3.73. The number of rotatable bonds is 9. The van der Waals surface area contributed by atoms with Crippen molar-refractivity contribution in [3.05, 3.63) is 29.8 Å². The first-order valence-corrected chi connectivity index (χ1v) is 8.94. The second-order valence-corrected chi connectivity index (χ2v) is 6.47. The van der Waals surface area contributed by atoms with Gasteiger partial charge in [0.25, 0.3) is 0 Å². The Bertz CT molecular complexity index is 776. The van der Waals surface area contributed by atoms with E-state index in [1.54, 1.807) is 31.4 Å².